The molecule has 0 bridgehead atoms. The van der Waals surface area contributed by atoms with Crippen LogP contribution >= 0.6 is 0 Å². The first kappa shape index (κ1) is 12.7. The van der Waals surface area contributed by atoms with Crippen LogP contribution in [-0.2, 0) is 9.53 Å². The highest BCUT2D eigenvalue weighted by atomic mass is 16.5. The average molecular weight is 274 g/mol. The van der Waals surface area contributed by atoms with Gasteiger partial charge in [-0.05, 0) is 12.1 Å². The molecular weight excluding hydrogens is 260 g/mol. The molecule has 0 aliphatic carbocycles. The van der Waals surface area contributed by atoms with Gasteiger partial charge in [-0.3, -0.25) is 4.79 Å². The third kappa shape index (κ3) is 2.53. The quantitative estimate of drug-likeness (QED) is 0.881. The van der Waals surface area contributed by atoms with Crippen molar-refractivity contribution in [3.63, 3.8) is 0 Å². The fourth-order valence-corrected chi connectivity index (χ4v) is 2.28. The molecule has 2 aromatic rings. The van der Waals surface area contributed by atoms with Crippen molar-refractivity contribution in [2.24, 2.45) is 0 Å². The van der Waals surface area contributed by atoms with E-state index in [0.717, 1.165) is 11.0 Å². The Labute approximate surface area is 115 Å². The molecule has 0 radical (unpaired) electrons. The summed E-state index contributed by atoms with van der Waals surface area (Å²) in [5, 5.41) is 17.2. The highest BCUT2D eigenvalue weighted by Gasteiger charge is 2.27. The molecule has 104 valence electrons. The van der Waals surface area contributed by atoms with Gasteiger partial charge in [-0.2, -0.15) is 0 Å². The van der Waals surface area contributed by atoms with Gasteiger partial charge < -0.3 is 14.7 Å². The Morgan fingerprint density at radius 1 is 1.35 bits per heavy atom. The SMILES string of the molecule is O=C(O)CC1COCCN1c1nnc2ccccc2n1. The van der Waals surface area contributed by atoms with Crippen molar-refractivity contribution in [2.75, 3.05) is 24.7 Å². The summed E-state index contributed by atoms with van der Waals surface area (Å²) in [6.45, 7) is 1.47. The smallest absolute Gasteiger partial charge is 0.305 e. The molecule has 20 heavy (non-hydrogen) atoms. The van der Waals surface area contributed by atoms with Crippen LogP contribution in [0, 0.1) is 0 Å². The monoisotopic (exact) mass is 274 g/mol. The van der Waals surface area contributed by atoms with Gasteiger partial charge >= 0.3 is 5.97 Å². The van der Waals surface area contributed by atoms with Crippen molar-refractivity contribution in [1.29, 1.82) is 0 Å². The van der Waals surface area contributed by atoms with Gasteiger partial charge in [0, 0.05) is 6.54 Å². The number of anilines is 1. The molecule has 1 aliphatic heterocycles. The first-order valence-corrected chi connectivity index (χ1v) is 6.39. The number of aliphatic carboxylic acids is 1. The van der Waals surface area contributed by atoms with Crippen molar-refractivity contribution >= 4 is 23.0 Å². The van der Waals surface area contributed by atoms with E-state index >= 15 is 0 Å². The van der Waals surface area contributed by atoms with Crippen LogP contribution in [0.5, 0.6) is 0 Å². The molecule has 1 N–H and O–H groups in total. The number of nitrogens with zero attached hydrogens (tertiary/aromatic N) is 4. The summed E-state index contributed by atoms with van der Waals surface area (Å²) in [4.78, 5) is 17.2. The van der Waals surface area contributed by atoms with Gasteiger partial charge in [-0.25, -0.2) is 4.98 Å². The van der Waals surface area contributed by atoms with Crippen LogP contribution in [0.15, 0.2) is 24.3 Å². The van der Waals surface area contributed by atoms with Gasteiger partial charge in [0.15, 0.2) is 0 Å². The zero-order chi connectivity index (χ0) is 13.9. The Balaban J connectivity index is 1.92. The second kappa shape index (κ2) is 5.38. The first-order chi connectivity index (χ1) is 9.74. The maximum Gasteiger partial charge on any atom is 0.305 e. The second-order valence-corrected chi connectivity index (χ2v) is 4.62. The van der Waals surface area contributed by atoms with E-state index in [1.807, 2.05) is 29.2 Å². The zero-order valence-electron chi connectivity index (χ0n) is 10.8. The van der Waals surface area contributed by atoms with Gasteiger partial charge in [-0.1, -0.05) is 12.1 Å². The van der Waals surface area contributed by atoms with E-state index in [-0.39, 0.29) is 12.5 Å². The number of hydrogen-bond acceptors (Lipinski definition) is 6. The molecule has 1 unspecified atom stereocenters. The highest BCUT2D eigenvalue weighted by Crippen LogP contribution is 2.18. The lowest BCUT2D eigenvalue weighted by Gasteiger charge is -2.34. The summed E-state index contributed by atoms with van der Waals surface area (Å²) in [5.41, 5.74) is 1.47. The minimum Gasteiger partial charge on any atom is -0.481 e. The first-order valence-electron chi connectivity index (χ1n) is 6.39. The molecule has 0 spiro atoms. The third-order valence-electron chi connectivity index (χ3n) is 3.24. The van der Waals surface area contributed by atoms with Crippen molar-refractivity contribution in [2.45, 2.75) is 12.5 Å². The topological polar surface area (TPSA) is 88.4 Å². The van der Waals surface area contributed by atoms with Gasteiger partial charge in [0.2, 0.25) is 5.95 Å². The van der Waals surface area contributed by atoms with Crippen molar-refractivity contribution in [1.82, 2.24) is 15.2 Å². The summed E-state index contributed by atoms with van der Waals surface area (Å²) in [5.74, 6) is -0.405. The molecule has 2 heterocycles. The minimum absolute atomic E-state index is 0.00378. The fourth-order valence-electron chi connectivity index (χ4n) is 2.28. The average Bonchev–Trinajstić information content (AvgIpc) is 2.47. The lowest BCUT2D eigenvalue weighted by atomic mass is 10.1. The fraction of sp³-hybridized carbons (Fsp3) is 0.385. The lowest BCUT2D eigenvalue weighted by Crippen LogP contribution is -2.47. The van der Waals surface area contributed by atoms with Crippen LogP contribution in [0.3, 0.4) is 0 Å². The summed E-state index contributed by atoms with van der Waals surface area (Å²) in [7, 11) is 0. The summed E-state index contributed by atoms with van der Waals surface area (Å²) in [6.07, 6.45) is -0.00378. The van der Waals surface area contributed by atoms with Crippen molar-refractivity contribution in [3.05, 3.63) is 24.3 Å². The van der Waals surface area contributed by atoms with E-state index in [1.165, 1.54) is 0 Å². The van der Waals surface area contributed by atoms with E-state index in [0.29, 0.717) is 25.7 Å². The van der Waals surface area contributed by atoms with Gasteiger partial charge in [0.25, 0.3) is 0 Å². The Kier molecular flexibility index (Phi) is 3.42. The summed E-state index contributed by atoms with van der Waals surface area (Å²) >= 11 is 0. The molecule has 7 nitrogen and oxygen atoms in total. The Morgan fingerprint density at radius 2 is 2.15 bits per heavy atom. The van der Waals surface area contributed by atoms with Gasteiger partial charge in [-0.15, -0.1) is 10.2 Å². The minimum atomic E-state index is -0.862. The van der Waals surface area contributed by atoms with E-state index < -0.39 is 5.97 Å². The summed E-state index contributed by atoms with van der Waals surface area (Å²) in [6, 6.07) is 7.20. The van der Waals surface area contributed by atoms with Gasteiger partial charge in [0.1, 0.15) is 5.52 Å². The number of hydrogen-bond donors (Lipinski definition) is 1. The lowest BCUT2D eigenvalue weighted by molar-refractivity contribution is -0.138. The van der Waals surface area contributed by atoms with Crippen LogP contribution in [0.25, 0.3) is 11.0 Å². The molecule has 1 fully saturated rings. The predicted octanol–water partition coefficient (Wildman–Crippen LogP) is 0.705. The number of carbonyl (C=O) groups is 1. The molecule has 1 aromatic heterocycles. The largest absolute Gasteiger partial charge is 0.481 e. The number of morpholine rings is 1. The number of fused-ring (bicyclic) bond motifs is 1. The molecular formula is C13H14N4O3. The molecule has 1 aliphatic rings. The van der Waals surface area contributed by atoms with Crippen molar-refractivity contribution < 1.29 is 14.6 Å². The van der Waals surface area contributed by atoms with E-state index in [1.54, 1.807) is 0 Å². The number of rotatable bonds is 3. The number of carboxylic acids is 1. The number of aromatic nitrogens is 3. The maximum absolute atomic E-state index is 10.9. The third-order valence-corrected chi connectivity index (χ3v) is 3.24. The Hall–Kier alpha value is -2.28. The number of benzene rings is 1. The van der Waals surface area contributed by atoms with E-state index in [9.17, 15) is 4.79 Å². The Morgan fingerprint density at radius 3 is 2.95 bits per heavy atom. The van der Waals surface area contributed by atoms with E-state index in [4.69, 9.17) is 9.84 Å². The highest BCUT2D eigenvalue weighted by molar-refractivity contribution is 5.74. The molecule has 0 saturated carbocycles. The van der Waals surface area contributed by atoms with E-state index in [2.05, 4.69) is 15.2 Å². The molecule has 0 amide bonds. The maximum atomic E-state index is 10.9. The molecule has 1 atom stereocenters. The Bertz CT molecular complexity index is 634. The van der Waals surface area contributed by atoms with Crippen LogP contribution in [0.4, 0.5) is 5.95 Å². The normalized spacial score (nSPS) is 19.2. The summed E-state index contributed by atoms with van der Waals surface area (Å²) < 4.78 is 5.34. The van der Waals surface area contributed by atoms with Crippen molar-refractivity contribution in [3.8, 4) is 0 Å². The second-order valence-electron chi connectivity index (χ2n) is 4.62. The van der Waals surface area contributed by atoms with Crippen LogP contribution < -0.4 is 4.90 Å². The zero-order valence-corrected chi connectivity index (χ0v) is 10.8. The molecule has 1 saturated heterocycles. The van der Waals surface area contributed by atoms with Crippen LogP contribution in [0.1, 0.15) is 6.42 Å². The number of para-hydroxylation sites is 1. The van der Waals surface area contributed by atoms with Crippen LogP contribution in [-0.4, -0.2) is 52.1 Å². The molecule has 1 aromatic carbocycles. The molecule has 3 rings (SSSR count). The number of ether oxygens (including phenoxy) is 1. The predicted molar refractivity (Wildman–Crippen MR) is 71.5 cm³/mol. The number of carboxylic acid groups (broad SMARTS) is 1. The standard InChI is InChI=1S/C13H14N4O3/c18-12(19)7-9-8-20-6-5-17(9)13-14-10-3-1-2-4-11(10)15-16-13/h1-4,9H,5-8H2,(H,18,19). The van der Waals surface area contributed by atoms with Crippen LogP contribution in [0.2, 0.25) is 0 Å². The van der Waals surface area contributed by atoms with Gasteiger partial charge in [0.05, 0.1) is 31.2 Å². The molecule has 7 heteroatoms.